The second kappa shape index (κ2) is 7.07. The van der Waals surface area contributed by atoms with Gasteiger partial charge in [0, 0.05) is 25.0 Å². The van der Waals surface area contributed by atoms with E-state index in [2.05, 4.69) is 35.5 Å². The van der Waals surface area contributed by atoms with Crippen LogP contribution in [-0.4, -0.2) is 30.7 Å². The number of nitrogens with one attached hydrogen (secondary N) is 2. The summed E-state index contributed by atoms with van der Waals surface area (Å²) in [6, 6.07) is 4.77. The van der Waals surface area contributed by atoms with Gasteiger partial charge in [-0.25, -0.2) is 0 Å². The number of nitrogens with zero attached hydrogens (tertiary/aromatic N) is 1. The largest absolute Gasteiger partial charge is 0.316 e. The Labute approximate surface area is 116 Å². The van der Waals surface area contributed by atoms with Gasteiger partial charge in [0.1, 0.15) is 0 Å². The van der Waals surface area contributed by atoms with Crippen molar-refractivity contribution in [2.24, 2.45) is 5.41 Å². The van der Waals surface area contributed by atoms with Crippen LogP contribution in [0.1, 0.15) is 25.8 Å². The molecule has 1 aromatic rings. The average Bonchev–Trinajstić information content (AvgIpc) is 2.32. The molecule has 18 heavy (non-hydrogen) atoms. The first kappa shape index (κ1) is 15.4. The number of hydrogen-bond donors (Lipinski definition) is 2. The first-order valence-electron chi connectivity index (χ1n) is 6.51. The van der Waals surface area contributed by atoms with Crippen LogP contribution in [0.25, 0.3) is 0 Å². The maximum absolute atomic E-state index is 4.14. The van der Waals surface area contributed by atoms with Crippen LogP contribution in [0.3, 0.4) is 0 Å². The first-order valence-corrected chi connectivity index (χ1v) is 6.51. The summed E-state index contributed by atoms with van der Waals surface area (Å²) in [5, 5.41) is 7.16. The zero-order valence-electron chi connectivity index (χ0n) is 11.3. The summed E-state index contributed by atoms with van der Waals surface area (Å²) in [4.78, 5) is 4.14. The topological polar surface area (TPSA) is 37.0 Å². The van der Waals surface area contributed by atoms with Gasteiger partial charge in [-0.1, -0.05) is 19.9 Å². The number of aromatic nitrogens is 1. The van der Waals surface area contributed by atoms with Gasteiger partial charge in [-0.15, -0.1) is 12.4 Å². The molecular weight excluding hydrogens is 246 g/mol. The standard InChI is InChI=1S/C14H23N3.ClH/c1-14(2)11-16-8-6-13(14)17-9-5-12-4-3-7-15-10-12;/h3-4,7,10,13,16-17H,5-6,8-9,11H2,1-2H3;1H. The molecule has 0 bridgehead atoms. The molecule has 4 heteroatoms. The Hall–Kier alpha value is -0.640. The van der Waals surface area contributed by atoms with Gasteiger partial charge < -0.3 is 10.6 Å². The molecule has 3 nitrogen and oxygen atoms in total. The van der Waals surface area contributed by atoms with Crippen molar-refractivity contribution >= 4 is 12.4 Å². The highest BCUT2D eigenvalue weighted by Crippen LogP contribution is 2.24. The number of halogens is 1. The monoisotopic (exact) mass is 269 g/mol. The van der Waals surface area contributed by atoms with Gasteiger partial charge in [0.15, 0.2) is 0 Å². The Balaban J connectivity index is 0.00000162. The Morgan fingerprint density at radius 2 is 2.33 bits per heavy atom. The van der Waals surface area contributed by atoms with Crippen molar-refractivity contribution in [3.8, 4) is 0 Å². The summed E-state index contributed by atoms with van der Waals surface area (Å²) >= 11 is 0. The summed E-state index contributed by atoms with van der Waals surface area (Å²) in [6.07, 6.45) is 6.07. The molecule has 0 aromatic carbocycles. The predicted octanol–water partition coefficient (Wildman–Crippen LogP) is 2.02. The third-order valence-electron chi connectivity index (χ3n) is 3.66. The van der Waals surface area contributed by atoms with Gasteiger partial charge in [-0.05, 0) is 43.0 Å². The molecule has 2 heterocycles. The minimum atomic E-state index is 0. The van der Waals surface area contributed by atoms with Crippen LogP contribution < -0.4 is 10.6 Å². The fraction of sp³-hybridized carbons (Fsp3) is 0.643. The highest BCUT2D eigenvalue weighted by molar-refractivity contribution is 5.85. The second-order valence-corrected chi connectivity index (χ2v) is 5.57. The lowest BCUT2D eigenvalue weighted by molar-refractivity contribution is 0.186. The molecule has 0 saturated carbocycles. The summed E-state index contributed by atoms with van der Waals surface area (Å²) in [5.41, 5.74) is 1.67. The van der Waals surface area contributed by atoms with Crippen molar-refractivity contribution in [1.29, 1.82) is 0 Å². The number of piperidine rings is 1. The quantitative estimate of drug-likeness (QED) is 0.878. The van der Waals surface area contributed by atoms with Crippen LogP contribution in [-0.2, 0) is 6.42 Å². The van der Waals surface area contributed by atoms with E-state index in [1.54, 1.807) is 0 Å². The van der Waals surface area contributed by atoms with E-state index in [9.17, 15) is 0 Å². The molecule has 1 aliphatic rings. The van der Waals surface area contributed by atoms with Crippen molar-refractivity contribution in [3.63, 3.8) is 0 Å². The summed E-state index contributed by atoms with van der Waals surface area (Å²) < 4.78 is 0. The van der Waals surface area contributed by atoms with Crippen LogP contribution in [0, 0.1) is 5.41 Å². The highest BCUT2D eigenvalue weighted by Gasteiger charge is 2.31. The van der Waals surface area contributed by atoms with E-state index in [4.69, 9.17) is 0 Å². The van der Waals surface area contributed by atoms with Crippen molar-refractivity contribution in [3.05, 3.63) is 30.1 Å². The summed E-state index contributed by atoms with van der Waals surface area (Å²) in [5.74, 6) is 0. The van der Waals surface area contributed by atoms with E-state index in [1.807, 2.05) is 18.5 Å². The maximum atomic E-state index is 4.14. The van der Waals surface area contributed by atoms with Crippen LogP contribution >= 0.6 is 12.4 Å². The lowest BCUT2D eigenvalue weighted by Crippen LogP contribution is -2.53. The van der Waals surface area contributed by atoms with Crippen molar-refractivity contribution < 1.29 is 0 Å². The second-order valence-electron chi connectivity index (χ2n) is 5.57. The van der Waals surface area contributed by atoms with Gasteiger partial charge >= 0.3 is 0 Å². The Morgan fingerprint density at radius 1 is 1.50 bits per heavy atom. The van der Waals surface area contributed by atoms with Crippen LogP contribution in [0.15, 0.2) is 24.5 Å². The van der Waals surface area contributed by atoms with Crippen LogP contribution in [0.5, 0.6) is 0 Å². The number of rotatable bonds is 4. The van der Waals surface area contributed by atoms with Crippen molar-refractivity contribution in [1.82, 2.24) is 15.6 Å². The predicted molar refractivity (Wildman–Crippen MR) is 78.2 cm³/mol. The summed E-state index contributed by atoms with van der Waals surface area (Å²) in [7, 11) is 0. The first-order chi connectivity index (χ1) is 8.18. The summed E-state index contributed by atoms with van der Waals surface area (Å²) in [6.45, 7) is 7.95. The lowest BCUT2D eigenvalue weighted by atomic mass is 9.80. The molecule has 0 amide bonds. The fourth-order valence-corrected chi connectivity index (χ4v) is 2.49. The molecule has 0 spiro atoms. The molecule has 1 fully saturated rings. The number of pyridine rings is 1. The molecule has 102 valence electrons. The molecule has 2 N–H and O–H groups in total. The molecule has 0 radical (unpaired) electrons. The van der Waals surface area contributed by atoms with Gasteiger partial charge in [0.05, 0.1) is 0 Å². The van der Waals surface area contributed by atoms with Crippen molar-refractivity contribution in [2.75, 3.05) is 19.6 Å². The smallest absolute Gasteiger partial charge is 0.0300 e. The highest BCUT2D eigenvalue weighted by atomic mass is 35.5. The minimum Gasteiger partial charge on any atom is -0.316 e. The van der Waals surface area contributed by atoms with E-state index in [1.165, 1.54) is 12.0 Å². The minimum absolute atomic E-state index is 0. The fourth-order valence-electron chi connectivity index (χ4n) is 2.49. The molecule has 1 saturated heterocycles. The van der Waals surface area contributed by atoms with E-state index in [0.29, 0.717) is 11.5 Å². The number of hydrogen-bond acceptors (Lipinski definition) is 3. The third-order valence-corrected chi connectivity index (χ3v) is 3.66. The Morgan fingerprint density at radius 3 is 3.00 bits per heavy atom. The molecule has 2 rings (SSSR count). The van der Waals surface area contributed by atoms with Gasteiger partial charge in [-0.3, -0.25) is 4.98 Å². The molecular formula is C14H24ClN3. The maximum Gasteiger partial charge on any atom is 0.0300 e. The van der Waals surface area contributed by atoms with Crippen molar-refractivity contribution in [2.45, 2.75) is 32.7 Å². The van der Waals surface area contributed by atoms with Crippen LogP contribution in [0.2, 0.25) is 0 Å². The average molecular weight is 270 g/mol. The zero-order chi connectivity index (χ0) is 12.1. The SMILES string of the molecule is CC1(C)CNCCC1NCCc1cccnc1.Cl. The normalized spacial score (nSPS) is 22.2. The molecule has 1 atom stereocenters. The molecule has 0 aliphatic carbocycles. The van der Waals surface area contributed by atoms with Crippen LogP contribution in [0.4, 0.5) is 0 Å². The zero-order valence-corrected chi connectivity index (χ0v) is 12.1. The van der Waals surface area contributed by atoms with Gasteiger partial charge in [0.25, 0.3) is 0 Å². The third kappa shape index (κ3) is 4.23. The lowest BCUT2D eigenvalue weighted by Gasteiger charge is -2.39. The van der Waals surface area contributed by atoms with Gasteiger partial charge in [0.2, 0.25) is 0 Å². The van der Waals surface area contributed by atoms with E-state index >= 15 is 0 Å². The van der Waals surface area contributed by atoms with E-state index < -0.39 is 0 Å². The Bertz CT molecular complexity index is 340. The van der Waals surface area contributed by atoms with Gasteiger partial charge in [-0.2, -0.15) is 0 Å². The van der Waals surface area contributed by atoms with E-state index in [0.717, 1.165) is 26.1 Å². The molecule has 1 unspecified atom stereocenters. The Kier molecular flexibility index (Phi) is 6.06. The molecule has 1 aromatic heterocycles. The van der Waals surface area contributed by atoms with E-state index in [-0.39, 0.29) is 12.4 Å². The molecule has 1 aliphatic heterocycles.